The number of nitrogens with zero attached hydrogens (tertiary/aromatic N) is 2. The predicted octanol–water partition coefficient (Wildman–Crippen LogP) is 2.14. The first-order valence-electron chi connectivity index (χ1n) is 7.78. The average molecular weight is 276 g/mol. The Hall–Kier alpha value is -1.52. The second-order valence-electron chi connectivity index (χ2n) is 6.35. The number of primary amides is 1. The molecular weight excluding hydrogens is 252 g/mol. The summed E-state index contributed by atoms with van der Waals surface area (Å²) in [5.74, 6) is 1.53. The van der Waals surface area contributed by atoms with Gasteiger partial charge in [0, 0.05) is 12.2 Å². The summed E-state index contributed by atoms with van der Waals surface area (Å²) in [5, 5.41) is 7.73. The number of fused-ring (bicyclic) bond motifs is 1. The maximum Gasteiger partial charge on any atom is 0.239 e. The zero-order valence-electron chi connectivity index (χ0n) is 11.9. The largest absolute Gasteiger partial charge is 0.380 e. The molecule has 1 heterocycles. The van der Waals surface area contributed by atoms with Crippen molar-refractivity contribution >= 4 is 11.6 Å². The summed E-state index contributed by atoms with van der Waals surface area (Å²) in [4.78, 5) is 10.9. The molecule has 2 aliphatic rings. The molecule has 1 aromatic rings. The van der Waals surface area contributed by atoms with E-state index < -0.39 is 0 Å². The summed E-state index contributed by atoms with van der Waals surface area (Å²) < 4.78 is 1.59. The smallest absolute Gasteiger partial charge is 0.239 e. The first-order valence-corrected chi connectivity index (χ1v) is 7.78. The quantitative estimate of drug-likeness (QED) is 0.885. The lowest BCUT2D eigenvalue weighted by molar-refractivity contribution is -0.118. The Morgan fingerprint density at radius 3 is 2.90 bits per heavy atom. The van der Waals surface area contributed by atoms with Gasteiger partial charge in [-0.15, -0.1) is 0 Å². The number of rotatable bonds is 4. The standard InChI is InChI=1S/C15H24N4O/c16-15(20)10-19-9-14(8-17-19)18-13-6-5-11-3-1-2-4-12(11)7-13/h8-9,11-13,18H,1-7,10H2,(H2,16,20). The topological polar surface area (TPSA) is 72.9 Å². The predicted molar refractivity (Wildman–Crippen MR) is 78.1 cm³/mol. The molecule has 0 radical (unpaired) electrons. The van der Waals surface area contributed by atoms with E-state index in [1.165, 1.54) is 44.9 Å². The van der Waals surface area contributed by atoms with E-state index >= 15 is 0 Å². The zero-order valence-corrected chi connectivity index (χ0v) is 11.9. The first-order chi connectivity index (χ1) is 9.70. The number of anilines is 1. The van der Waals surface area contributed by atoms with E-state index in [0.717, 1.165) is 17.5 Å². The van der Waals surface area contributed by atoms with Crippen LogP contribution in [0.15, 0.2) is 12.4 Å². The number of nitrogens with two attached hydrogens (primary N) is 1. The van der Waals surface area contributed by atoms with E-state index in [2.05, 4.69) is 10.4 Å². The molecular formula is C15H24N4O. The Bertz CT molecular complexity index is 470. The Kier molecular flexibility index (Phi) is 3.94. The van der Waals surface area contributed by atoms with Crippen LogP contribution in [0.5, 0.6) is 0 Å². The lowest BCUT2D eigenvalue weighted by atomic mass is 9.69. The van der Waals surface area contributed by atoms with E-state index in [9.17, 15) is 4.79 Å². The normalized spacial score (nSPS) is 29.7. The maximum absolute atomic E-state index is 10.9. The van der Waals surface area contributed by atoms with Gasteiger partial charge in [-0.2, -0.15) is 5.10 Å². The number of aromatic nitrogens is 2. The van der Waals surface area contributed by atoms with Crippen molar-refractivity contribution in [1.29, 1.82) is 0 Å². The Balaban J connectivity index is 1.55. The van der Waals surface area contributed by atoms with Crippen LogP contribution in [0.25, 0.3) is 0 Å². The minimum Gasteiger partial charge on any atom is -0.380 e. The highest BCUT2D eigenvalue weighted by atomic mass is 16.1. The molecule has 2 fully saturated rings. The fraction of sp³-hybridized carbons (Fsp3) is 0.733. The van der Waals surface area contributed by atoms with Crippen LogP contribution in [0.4, 0.5) is 5.69 Å². The molecule has 5 heteroatoms. The molecule has 0 aliphatic heterocycles. The highest BCUT2D eigenvalue weighted by molar-refractivity contribution is 5.73. The second kappa shape index (κ2) is 5.85. The molecule has 3 atom stereocenters. The van der Waals surface area contributed by atoms with E-state index in [-0.39, 0.29) is 12.5 Å². The highest BCUT2D eigenvalue weighted by Crippen LogP contribution is 2.41. The van der Waals surface area contributed by atoms with Gasteiger partial charge in [0.1, 0.15) is 6.54 Å². The summed E-state index contributed by atoms with van der Waals surface area (Å²) in [6.07, 6.45) is 13.2. The van der Waals surface area contributed by atoms with Crippen molar-refractivity contribution in [1.82, 2.24) is 9.78 Å². The third-order valence-electron chi connectivity index (χ3n) is 4.86. The van der Waals surface area contributed by atoms with Crippen LogP contribution < -0.4 is 11.1 Å². The number of carbonyl (C=O) groups excluding carboxylic acids is 1. The Morgan fingerprint density at radius 1 is 1.30 bits per heavy atom. The van der Waals surface area contributed by atoms with Crippen molar-refractivity contribution < 1.29 is 4.79 Å². The molecule has 0 saturated heterocycles. The van der Waals surface area contributed by atoms with Crippen LogP contribution >= 0.6 is 0 Å². The number of carbonyl (C=O) groups is 1. The van der Waals surface area contributed by atoms with Crippen LogP contribution in [0.2, 0.25) is 0 Å². The Labute approximate surface area is 119 Å². The lowest BCUT2D eigenvalue weighted by Crippen LogP contribution is -2.34. The number of hydrogen-bond donors (Lipinski definition) is 2. The average Bonchev–Trinajstić information content (AvgIpc) is 2.85. The van der Waals surface area contributed by atoms with Gasteiger partial charge in [-0.1, -0.05) is 25.7 Å². The molecule has 0 spiro atoms. The van der Waals surface area contributed by atoms with E-state index in [1.54, 1.807) is 10.9 Å². The van der Waals surface area contributed by atoms with Gasteiger partial charge in [-0.3, -0.25) is 9.48 Å². The summed E-state index contributed by atoms with van der Waals surface area (Å²) in [6, 6.07) is 0.556. The van der Waals surface area contributed by atoms with E-state index in [1.807, 2.05) is 6.20 Å². The maximum atomic E-state index is 10.9. The summed E-state index contributed by atoms with van der Waals surface area (Å²) >= 11 is 0. The van der Waals surface area contributed by atoms with Crippen molar-refractivity contribution in [2.75, 3.05) is 5.32 Å². The molecule has 0 bridgehead atoms. The second-order valence-corrected chi connectivity index (χ2v) is 6.35. The van der Waals surface area contributed by atoms with Gasteiger partial charge < -0.3 is 11.1 Å². The molecule has 110 valence electrons. The van der Waals surface area contributed by atoms with Crippen LogP contribution in [-0.2, 0) is 11.3 Å². The van der Waals surface area contributed by atoms with Gasteiger partial charge >= 0.3 is 0 Å². The van der Waals surface area contributed by atoms with Gasteiger partial charge in [0.05, 0.1) is 11.9 Å². The first kappa shape index (κ1) is 13.5. The third kappa shape index (κ3) is 3.14. The van der Waals surface area contributed by atoms with Crippen LogP contribution in [0.3, 0.4) is 0 Å². The lowest BCUT2D eigenvalue weighted by Gasteiger charge is -2.39. The fourth-order valence-electron chi connectivity index (χ4n) is 3.92. The van der Waals surface area contributed by atoms with E-state index in [4.69, 9.17) is 5.73 Å². The van der Waals surface area contributed by atoms with Crippen LogP contribution in [0.1, 0.15) is 44.9 Å². The van der Waals surface area contributed by atoms with Crippen molar-refractivity contribution in [2.24, 2.45) is 17.6 Å². The minimum atomic E-state index is -0.359. The fourth-order valence-corrected chi connectivity index (χ4v) is 3.92. The number of nitrogens with one attached hydrogen (secondary N) is 1. The monoisotopic (exact) mass is 276 g/mol. The van der Waals surface area contributed by atoms with Gasteiger partial charge in [0.25, 0.3) is 0 Å². The third-order valence-corrected chi connectivity index (χ3v) is 4.86. The van der Waals surface area contributed by atoms with Crippen molar-refractivity contribution in [3.63, 3.8) is 0 Å². The minimum absolute atomic E-state index is 0.150. The van der Waals surface area contributed by atoms with Crippen LogP contribution in [0, 0.1) is 11.8 Å². The van der Waals surface area contributed by atoms with E-state index in [0.29, 0.717) is 6.04 Å². The van der Waals surface area contributed by atoms with Crippen molar-refractivity contribution in [3.05, 3.63) is 12.4 Å². The van der Waals surface area contributed by atoms with Gasteiger partial charge in [0.15, 0.2) is 0 Å². The number of hydrogen-bond acceptors (Lipinski definition) is 3. The van der Waals surface area contributed by atoms with Gasteiger partial charge in [-0.25, -0.2) is 0 Å². The molecule has 2 aliphatic carbocycles. The molecule has 20 heavy (non-hydrogen) atoms. The molecule has 1 aromatic heterocycles. The molecule has 2 saturated carbocycles. The summed E-state index contributed by atoms with van der Waals surface area (Å²) in [5.41, 5.74) is 6.18. The molecule has 0 aromatic carbocycles. The molecule has 1 amide bonds. The Morgan fingerprint density at radius 2 is 2.10 bits per heavy atom. The van der Waals surface area contributed by atoms with Gasteiger partial charge in [-0.05, 0) is 31.1 Å². The zero-order chi connectivity index (χ0) is 13.9. The molecule has 3 N–H and O–H groups in total. The van der Waals surface area contributed by atoms with Crippen LogP contribution in [-0.4, -0.2) is 21.7 Å². The van der Waals surface area contributed by atoms with Gasteiger partial charge in [0.2, 0.25) is 5.91 Å². The summed E-state index contributed by atoms with van der Waals surface area (Å²) in [6.45, 7) is 0.150. The molecule has 3 rings (SSSR count). The number of amides is 1. The SMILES string of the molecule is NC(=O)Cn1cc(NC2CCC3CCCCC3C2)cn1. The van der Waals surface area contributed by atoms with Crippen molar-refractivity contribution in [3.8, 4) is 0 Å². The highest BCUT2D eigenvalue weighted by Gasteiger charge is 2.32. The summed E-state index contributed by atoms with van der Waals surface area (Å²) in [7, 11) is 0. The van der Waals surface area contributed by atoms with Crippen molar-refractivity contribution in [2.45, 2.75) is 57.5 Å². The molecule has 5 nitrogen and oxygen atoms in total. The molecule has 3 unspecified atom stereocenters.